The summed E-state index contributed by atoms with van der Waals surface area (Å²) in [5, 5.41) is 4.57. The Morgan fingerprint density at radius 1 is 1.44 bits per heavy atom. The van der Waals surface area contributed by atoms with Gasteiger partial charge in [-0.3, -0.25) is 0 Å². The first-order valence-corrected chi connectivity index (χ1v) is 10.4. The number of benzene rings is 1. The van der Waals surface area contributed by atoms with Gasteiger partial charge in [0.05, 0.1) is 18.6 Å². The number of halogens is 1. The molecule has 9 heteroatoms. The fourth-order valence-electron chi connectivity index (χ4n) is 3.27. The van der Waals surface area contributed by atoms with Gasteiger partial charge in [0.15, 0.2) is 16.5 Å². The van der Waals surface area contributed by atoms with Gasteiger partial charge in [0.1, 0.15) is 18.2 Å². The van der Waals surface area contributed by atoms with Crippen molar-refractivity contribution in [3.05, 3.63) is 46.2 Å². The average molecular weight is 386 g/mol. The fourth-order valence-corrected chi connectivity index (χ4v) is 5.21. The number of hydrogen-bond donors (Lipinski definition) is 1. The van der Waals surface area contributed by atoms with Crippen molar-refractivity contribution in [2.75, 3.05) is 18.6 Å². The zero-order chi connectivity index (χ0) is 18.2. The van der Waals surface area contributed by atoms with Crippen LogP contribution in [0.25, 0.3) is 0 Å². The van der Waals surface area contributed by atoms with E-state index >= 15 is 0 Å². The molecule has 1 unspecified atom stereocenters. The van der Waals surface area contributed by atoms with Gasteiger partial charge in [-0.1, -0.05) is 12.1 Å². The minimum absolute atomic E-state index is 0.0959. The maximum Gasteiger partial charge on any atom is 0.202 e. The molecule has 2 aromatic rings. The van der Waals surface area contributed by atoms with Crippen LogP contribution >= 0.6 is 12.2 Å². The van der Waals surface area contributed by atoms with Crippen LogP contribution < -0.4 is 4.90 Å². The van der Waals surface area contributed by atoms with Crippen LogP contribution in [0.1, 0.15) is 23.7 Å². The Hall–Kier alpha value is -1.58. The lowest BCUT2D eigenvalue weighted by Crippen LogP contribution is -3.07. The predicted octanol–water partition coefficient (Wildman–Crippen LogP) is 0.665. The molecule has 1 aliphatic heterocycles. The molecule has 1 aromatic carbocycles. The van der Waals surface area contributed by atoms with Crippen molar-refractivity contribution < 1.29 is 17.7 Å². The Kier molecular flexibility index (Phi) is 5.08. The summed E-state index contributed by atoms with van der Waals surface area (Å²) in [5.74, 6) is 0.733. The maximum absolute atomic E-state index is 13.3. The highest BCUT2D eigenvalue weighted by molar-refractivity contribution is 7.91. The van der Waals surface area contributed by atoms with E-state index in [1.54, 1.807) is 15.3 Å². The molecule has 0 aliphatic carbocycles. The molecule has 1 aliphatic rings. The molecule has 0 amide bonds. The number of nitrogens with one attached hydrogen (secondary N) is 1. The van der Waals surface area contributed by atoms with Crippen molar-refractivity contribution in [1.82, 2.24) is 14.3 Å². The van der Waals surface area contributed by atoms with Gasteiger partial charge in [-0.15, -0.1) is 0 Å². The lowest BCUT2D eigenvalue weighted by Gasteiger charge is -2.13. The van der Waals surface area contributed by atoms with Gasteiger partial charge >= 0.3 is 0 Å². The molecule has 136 valence electrons. The minimum Gasteiger partial charge on any atom is -0.315 e. The minimum atomic E-state index is -2.97. The van der Waals surface area contributed by atoms with Crippen LogP contribution in [0.2, 0.25) is 0 Å². The molecule has 25 heavy (non-hydrogen) atoms. The van der Waals surface area contributed by atoms with Crippen LogP contribution in [0.5, 0.6) is 0 Å². The standard InChI is InChI=1S/C16H21FN4O2S2/c1-19(9-12-4-3-5-14(17)8-12)11-21-16(24)20(2)15(18-21)13-6-7-25(22,23)10-13/h3-5,8,13H,6-7,9-11H2,1-2H3/p+1/t13-/m1/s1. The van der Waals surface area contributed by atoms with E-state index in [9.17, 15) is 12.8 Å². The summed E-state index contributed by atoms with van der Waals surface area (Å²) in [7, 11) is 0.845. The van der Waals surface area contributed by atoms with E-state index in [2.05, 4.69) is 5.10 Å². The lowest BCUT2D eigenvalue weighted by molar-refractivity contribution is -0.917. The molecule has 2 atom stereocenters. The van der Waals surface area contributed by atoms with E-state index in [4.69, 9.17) is 12.2 Å². The second-order valence-electron chi connectivity index (χ2n) is 6.72. The molecule has 0 radical (unpaired) electrons. The highest BCUT2D eigenvalue weighted by Crippen LogP contribution is 2.27. The third kappa shape index (κ3) is 4.16. The Bertz CT molecular complexity index is 936. The third-order valence-corrected chi connectivity index (χ3v) is 6.74. The Balaban J connectivity index is 1.75. The average Bonchev–Trinajstić information content (AvgIpc) is 3.01. The van der Waals surface area contributed by atoms with Crippen molar-refractivity contribution in [1.29, 1.82) is 0 Å². The van der Waals surface area contributed by atoms with E-state index < -0.39 is 9.84 Å². The monoisotopic (exact) mass is 385 g/mol. The Morgan fingerprint density at radius 2 is 2.20 bits per heavy atom. The molecular weight excluding hydrogens is 363 g/mol. The summed E-state index contributed by atoms with van der Waals surface area (Å²) < 4.78 is 40.8. The molecule has 0 bridgehead atoms. The molecule has 1 N–H and O–H groups in total. The van der Waals surface area contributed by atoms with Crippen molar-refractivity contribution in [3.8, 4) is 0 Å². The van der Waals surface area contributed by atoms with E-state index in [1.807, 2.05) is 20.2 Å². The van der Waals surface area contributed by atoms with Gasteiger partial charge in [-0.05, 0) is 30.8 Å². The first-order chi connectivity index (χ1) is 11.7. The van der Waals surface area contributed by atoms with Crippen molar-refractivity contribution in [2.24, 2.45) is 7.05 Å². The number of quaternary nitrogens is 1. The normalized spacial score (nSPS) is 20.7. The van der Waals surface area contributed by atoms with Crippen molar-refractivity contribution in [3.63, 3.8) is 0 Å². The first kappa shape index (κ1) is 18.2. The molecule has 2 heterocycles. The Morgan fingerprint density at radius 3 is 2.84 bits per heavy atom. The quantitative estimate of drug-likeness (QED) is 0.769. The number of rotatable bonds is 5. The van der Waals surface area contributed by atoms with Crippen LogP contribution in [-0.2, 0) is 30.1 Å². The third-order valence-electron chi connectivity index (χ3n) is 4.49. The molecule has 1 fully saturated rings. The van der Waals surface area contributed by atoms with Crippen LogP contribution in [-0.4, -0.2) is 41.3 Å². The SMILES string of the molecule is Cn1c([C@@H]2CCS(=O)(=O)C2)nn(C[NH+](C)Cc2cccc(F)c2)c1=S. The molecule has 0 saturated carbocycles. The van der Waals surface area contributed by atoms with Crippen LogP contribution in [0.4, 0.5) is 4.39 Å². The highest BCUT2D eigenvalue weighted by Gasteiger charge is 2.32. The first-order valence-electron chi connectivity index (χ1n) is 8.15. The van der Waals surface area contributed by atoms with Gasteiger partial charge in [0.2, 0.25) is 4.77 Å². The van der Waals surface area contributed by atoms with Crippen molar-refractivity contribution >= 4 is 22.1 Å². The van der Waals surface area contributed by atoms with E-state index in [-0.39, 0.29) is 23.2 Å². The number of nitrogens with zero attached hydrogens (tertiary/aromatic N) is 3. The summed E-state index contributed by atoms with van der Waals surface area (Å²) >= 11 is 5.45. The van der Waals surface area contributed by atoms with Crippen LogP contribution in [0.3, 0.4) is 0 Å². The van der Waals surface area contributed by atoms with Gasteiger partial charge in [-0.25, -0.2) is 12.8 Å². The maximum atomic E-state index is 13.3. The summed E-state index contributed by atoms with van der Waals surface area (Å²) in [6, 6.07) is 6.54. The van der Waals surface area contributed by atoms with Crippen molar-refractivity contribution in [2.45, 2.75) is 25.6 Å². The molecule has 1 saturated heterocycles. The van der Waals surface area contributed by atoms with Gasteiger partial charge in [0, 0.05) is 18.5 Å². The molecule has 3 rings (SSSR count). The topological polar surface area (TPSA) is 61.3 Å². The van der Waals surface area contributed by atoms with Gasteiger partial charge < -0.3 is 9.47 Å². The zero-order valence-electron chi connectivity index (χ0n) is 14.3. The smallest absolute Gasteiger partial charge is 0.202 e. The largest absolute Gasteiger partial charge is 0.315 e. The number of hydrogen-bond acceptors (Lipinski definition) is 4. The Labute approximate surface area is 151 Å². The lowest BCUT2D eigenvalue weighted by atomic mass is 10.1. The number of aromatic nitrogens is 3. The zero-order valence-corrected chi connectivity index (χ0v) is 15.9. The number of sulfone groups is 1. The molecule has 1 aromatic heterocycles. The molecule has 6 nitrogen and oxygen atoms in total. The molecular formula is C16H22FN4O2S2+. The second kappa shape index (κ2) is 6.97. The van der Waals surface area contributed by atoms with Crippen LogP contribution in [0, 0.1) is 10.6 Å². The van der Waals surface area contributed by atoms with E-state index in [1.165, 1.54) is 12.1 Å². The summed E-state index contributed by atoms with van der Waals surface area (Å²) in [5.41, 5.74) is 0.905. The van der Waals surface area contributed by atoms with Crippen LogP contribution in [0.15, 0.2) is 24.3 Å². The van der Waals surface area contributed by atoms with E-state index in [0.717, 1.165) is 16.3 Å². The predicted molar refractivity (Wildman–Crippen MR) is 95.0 cm³/mol. The summed E-state index contributed by atoms with van der Waals surface area (Å²) in [6.07, 6.45) is 0.591. The van der Waals surface area contributed by atoms with Gasteiger partial charge in [0.25, 0.3) is 0 Å². The second-order valence-corrected chi connectivity index (χ2v) is 9.32. The highest BCUT2D eigenvalue weighted by atomic mass is 32.2. The van der Waals surface area contributed by atoms with Gasteiger partial charge in [-0.2, -0.15) is 9.78 Å². The molecule has 0 spiro atoms. The summed E-state index contributed by atoms with van der Waals surface area (Å²) in [4.78, 5) is 1.10. The fraction of sp³-hybridized carbons (Fsp3) is 0.500. The summed E-state index contributed by atoms with van der Waals surface area (Å²) in [6.45, 7) is 1.17. The van der Waals surface area contributed by atoms with E-state index in [0.29, 0.717) is 24.4 Å².